The van der Waals surface area contributed by atoms with Gasteiger partial charge in [-0.3, -0.25) is 4.68 Å². The molecule has 0 spiro atoms. The second kappa shape index (κ2) is 5.61. The maximum atomic E-state index is 6.10. The molecule has 0 unspecified atom stereocenters. The van der Waals surface area contributed by atoms with E-state index in [1.807, 2.05) is 31.5 Å². The summed E-state index contributed by atoms with van der Waals surface area (Å²) in [6, 6.07) is 1.96. The molecule has 0 aromatic carbocycles. The molecule has 2 aromatic heterocycles. The first-order chi connectivity index (χ1) is 9.01. The molecule has 19 heavy (non-hydrogen) atoms. The summed E-state index contributed by atoms with van der Waals surface area (Å²) in [5.74, 6) is 0. The van der Waals surface area contributed by atoms with Crippen LogP contribution in [-0.2, 0) is 6.54 Å². The molecule has 0 radical (unpaired) electrons. The summed E-state index contributed by atoms with van der Waals surface area (Å²) in [6.45, 7) is 8.83. The van der Waals surface area contributed by atoms with Crippen LogP contribution in [0.4, 0.5) is 5.69 Å². The minimum Gasteiger partial charge on any atom is -0.395 e. The predicted molar refractivity (Wildman–Crippen MR) is 77.3 cm³/mol. The third kappa shape index (κ3) is 3.07. The molecule has 0 bridgehead atoms. The number of nitrogens with two attached hydrogens (primary N) is 1. The van der Waals surface area contributed by atoms with E-state index < -0.39 is 0 Å². The fraction of sp³-hybridized carbons (Fsp3) is 0.462. The van der Waals surface area contributed by atoms with E-state index in [-0.39, 0.29) is 0 Å². The quantitative estimate of drug-likeness (QED) is 0.870. The number of rotatable bonds is 4. The van der Waals surface area contributed by atoms with Crippen LogP contribution < -0.4 is 5.73 Å². The Morgan fingerprint density at radius 1 is 1.21 bits per heavy atom. The van der Waals surface area contributed by atoms with Crippen molar-refractivity contribution in [1.29, 1.82) is 0 Å². The molecule has 6 heteroatoms. The second-order valence-corrected chi connectivity index (χ2v) is 5.52. The fourth-order valence-corrected chi connectivity index (χ4v) is 2.92. The molecule has 0 atom stereocenters. The molecule has 0 aliphatic carbocycles. The van der Waals surface area contributed by atoms with Crippen LogP contribution in [0.3, 0.4) is 0 Å². The van der Waals surface area contributed by atoms with Crippen molar-refractivity contribution in [2.45, 2.75) is 50.8 Å². The highest BCUT2D eigenvalue weighted by molar-refractivity contribution is 7.99. The lowest BCUT2D eigenvalue weighted by Crippen LogP contribution is -2.02. The maximum Gasteiger partial charge on any atom is 0.194 e. The molecule has 2 aromatic rings. The predicted octanol–water partition coefficient (Wildman–Crippen LogP) is 2.74. The van der Waals surface area contributed by atoms with Crippen LogP contribution in [0.1, 0.15) is 30.4 Å². The van der Waals surface area contributed by atoms with Crippen molar-refractivity contribution < 1.29 is 0 Å². The lowest BCUT2D eigenvalue weighted by Gasteiger charge is -2.06. The Morgan fingerprint density at radius 3 is 2.42 bits per heavy atom. The van der Waals surface area contributed by atoms with Crippen molar-refractivity contribution in [3.05, 3.63) is 23.1 Å². The second-order valence-electron chi connectivity index (χ2n) is 4.56. The number of hydrogen-bond acceptors (Lipinski definition) is 5. The Labute approximate surface area is 117 Å². The SMILES string of the molecule is CCCn1nc(C)c(N)c1Sc1nc(C)cc(C)n1. The molecule has 0 fully saturated rings. The van der Waals surface area contributed by atoms with Crippen molar-refractivity contribution in [1.82, 2.24) is 19.7 Å². The van der Waals surface area contributed by atoms with Crippen molar-refractivity contribution >= 4 is 17.4 Å². The van der Waals surface area contributed by atoms with Gasteiger partial charge >= 0.3 is 0 Å². The first-order valence-corrected chi connectivity index (χ1v) is 7.16. The third-order valence-electron chi connectivity index (χ3n) is 2.71. The molecular formula is C13H19N5S. The van der Waals surface area contributed by atoms with Gasteiger partial charge in [0, 0.05) is 17.9 Å². The molecule has 102 valence electrons. The zero-order valence-corrected chi connectivity index (χ0v) is 12.6. The molecule has 0 saturated carbocycles. The first kappa shape index (κ1) is 13.9. The number of aromatic nitrogens is 4. The lowest BCUT2D eigenvalue weighted by atomic mass is 10.4. The Kier molecular flexibility index (Phi) is 4.09. The molecular weight excluding hydrogens is 258 g/mol. The van der Waals surface area contributed by atoms with Crippen LogP contribution in [0.2, 0.25) is 0 Å². The first-order valence-electron chi connectivity index (χ1n) is 6.34. The molecule has 0 aliphatic rings. The summed E-state index contributed by atoms with van der Waals surface area (Å²) in [4.78, 5) is 8.87. The summed E-state index contributed by atoms with van der Waals surface area (Å²) in [6.07, 6.45) is 1.02. The van der Waals surface area contributed by atoms with E-state index in [1.165, 1.54) is 11.8 Å². The largest absolute Gasteiger partial charge is 0.395 e. The van der Waals surface area contributed by atoms with Crippen LogP contribution >= 0.6 is 11.8 Å². The number of anilines is 1. The maximum absolute atomic E-state index is 6.10. The Hall–Kier alpha value is -1.56. The number of hydrogen-bond donors (Lipinski definition) is 1. The van der Waals surface area contributed by atoms with Gasteiger partial charge in [0.05, 0.1) is 11.4 Å². The van der Waals surface area contributed by atoms with E-state index in [1.54, 1.807) is 0 Å². The zero-order chi connectivity index (χ0) is 14.0. The van der Waals surface area contributed by atoms with E-state index >= 15 is 0 Å². The Morgan fingerprint density at radius 2 is 1.84 bits per heavy atom. The van der Waals surface area contributed by atoms with Gasteiger partial charge in [-0.2, -0.15) is 5.10 Å². The Balaban J connectivity index is 2.36. The summed E-state index contributed by atoms with van der Waals surface area (Å²) >= 11 is 1.48. The third-order valence-corrected chi connectivity index (χ3v) is 3.70. The average Bonchev–Trinajstić information content (AvgIpc) is 2.56. The number of aryl methyl sites for hydroxylation is 4. The topological polar surface area (TPSA) is 69.6 Å². The van der Waals surface area contributed by atoms with Crippen LogP contribution in [0.25, 0.3) is 0 Å². The Bertz CT molecular complexity index is 571. The highest BCUT2D eigenvalue weighted by Crippen LogP contribution is 2.32. The van der Waals surface area contributed by atoms with E-state index in [9.17, 15) is 0 Å². The van der Waals surface area contributed by atoms with Crippen molar-refractivity contribution in [2.24, 2.45) is 0 Å². The fourth-order valence-electron chi connectivity index (χ4n) is 1.87. The standard InChI is InChI=1S/C13H19N5S/c1-5-6-18-12(11(14)10(4)17-18)19-13-15-8(2)7-9(3)16-13/h7H,5-6,14H2,1-4H3. The molecule has 0 saturated heterocycles. The van der Waals surface area contributed by atoms with Gasteiger partial charge < -0.3 is 5.73 Å². The minimum atomic E-state index is 0.723. The highest BCUT2D eigenvalue weighted by atomic mass is 32.2. The molecule has 0 aliphatic heterocycles. The summed E-state index contributed by atoms with van der Waals surface area (Å²) < 4.78 is 1.94. The van der Waals surface area contributed by atoms with Gasteiger partial charge in [0.15, 0.2) is 5.16 Å². The van der Waals surface area contributed by atoms with Gasteiger partial charge in [0.1, 0.15) is 5.03 Å². The van der Waals surface area contributed by atoms with Crippen LogP contribution in [0.5, 0.6) is 0 Å². The zero-order valence-electron chi connectivity index (χ0n) is 11.8. The monoisotopic (exact) mass is 277 g/mol. The molecule has 2 N–H and O–H groups in total. The van der Waals surface area contributed by atoms with Crippen LogP contribution in [0, 0.1) is 20.8 Å². The molecule has 2 heterocycles. The van der Waals surface area contributed by atoms with E-state index in [0.29, 0.717) is 0 Å². The summed E-state index contributed by atoms with van der Waals surface area (Å²) in [5, 5.41) is 6.11. The van der Waals surface area contributed by atoms with Crippen molar-refractivity contribution in [3.63, 3.8) is 0 Å². The van der Waals surface area contributed by atoms with E-state index in [4.69, 9.17) is 5.73 Å². The van der Waals surface area contributed by atoms with Gasteiger partial charge in [0.25, 0.3) is 0 Å². The van der Waals surface area contributed by atoms with Gasteiger partial charge in [-0.15, -0.1) is 0 Å². The van der Waals surface area contributed by atoms with Crippen LogP contribution in [-0.4, -0.2) is 19.7 Å². The van der Waals surface area contributed by atoms with Crippen molar-refractivity contribution in [3.8, 4) is 0 Å². The van der Waals surface area contributed by atoms with Crippen molar-refractivity contribution in [2.75, 3.05) is 5.73 Å². The lowest BCUT2D eigenvalue weighted by molar-refractivity contribution is 0.555. The summed E-state index contributed by atoms with van der Waals surface area (Å²) in [7, 11) is 0. The van der Waals surface area contributed by atoms with Crippen LogP contribution in [0.15, 0.2) is 16.2 Å². The van der Waals surface area contributed by atoms with Gasteiger partial charge in [-0.25, -0.2) is 9.97 Å². The van der Waals surface area contributed by atoms with E-state index in [0.717, 1.165) is 45.9 Å². The number of nitrogen functional groups attached to an aromatic ring is 1. The normalized spacial score (nSPS) is 10.9. The van der Waals surface area contributed by atoms with E-state index in [2.05, 4.69) is 22.0 Å². The number of nitrogens with zero attached hydrogens (tertiary/aromatic N) is 4. The average molecular weight is 277 g/mol. The molecule has 2 rings (SSSR count). The highest BCUT2D eigenvalue weighted by Gasteiger charge is 2.15. The molecule has 5 nitrogen and oxygen atoms in total. The smallest absolute Gasteiger partial charge is 0.194 e. The molecule has 0 amide bonds. The van der Waals surface area contributed by atoms with Gasteiger partial charge in [-0.1, -0.05) is 6.92 Å². The van der Waals surface area contributed by atoms with Gasteiger partial charge in [-0.05, 0) is 45.0 Å². The summed E-state index contributed by atoms with van der Waals surface area (Å²) in [5.41, 5.74) is 9.61. The minimum absolute atomic E-state index is 0.723. The van der Waals surface area contributed by atoms with Gasteiger partial charge in [0.2, 0.25) is 0 Å².